The molecule has 0 aromatic carbocycles. The summed E-state index contributed by atoms with van der Waals surface area (Å²) >= 11 is 0. The number of nitrogens with zero attached hydrogens (tertiary/aromatic N) is 3. The first kappa shape index (κ1) is 18.3. The highest BCUT2D eigenvalue weighted by molar-refractivity contribution is 5.53. The maximum absolute atomic E-state index is 12.6. The van der Waals surface area contributed by atoms with Crippen molar-refractivity contribution < 1.29 is 27.8 Å². The molecule has 6 nitrogen and oxygen atoms in total. The van der Waals surface area contributed by atoms with Crippen molar-refractivity contribution in [1.82, 2.24) is 15.0 Å². The van der Waals surface area contributed by atoms with Gasteiger partial charge in [-0.15, -0.1) is 0 Å². The molecule has 0 unspecified atom stereocenters. The Hall–Kier alpha value is -2.10. The van der Waals surface area contributed by atoms with Gasteiger partial charge in [0, 0.05) is 37.0 Å². The molecule has 2 fully saturated rings. The molecule has 144 valence electrons. The maximum atomic E-state index is 12.6. The van der Waals surface area contributed by atoms with Gasteiger partial charge in [-0.05, 0) is 25.0 Å². The summed E-state index contributed by atoms with van der Waals surface area (Å²) in [6.45, 7) is 1.14. The summed E-state index contributed by atoms with van der Waals surface area (Å²) in [6, 6.07) is 3.31. The zero-order valence-corrected chi connectivity index (χ0v) is 14.4. The second-order valence-electron chi connectivity index (χ2n) is 6.86. The van der Waals surface area contributed by atoms with Crippen molar-refractivity contribution in [2.24, 2.45) is 0 Å². The van der Waals surface area contributed by atoms with Crippen LogP contribution in [0.5, 0.6) is 0 Å². The molecule has 27 heavy (non-hydrogen) atoms. The zero-order chi connectivity index (χ0) is 19.1. The number of rotatable bonds is 2. The Kier molecular flexibility index (Phi) is 4.40. The minimum Gasteiger partial charge on any atom is -0.384 e. The number of aromatic nitrogens is 3. The van der Waals surface area contributed by atoms with Crippen LogP contribution in [-0.4, -0.2) is 39.1 Å². The van der Waals surface area contributed by atoms with Crippen LogP contribution in [0.3, 0.4) is 0 Å². The van der Waals surface area contributed by atoms with Gasteiger partial charge in [-0.25, -0.2) is 9.97 Å². The lowest BCUT2D eigenvalue weighted by Gasteiger charge is -2.40. The number of pyridine rings is 1. The van der Waals surface area contributed by atoms with Crippen molar-refractivity contribution in [1.29, 1.82) is 0 Å². The molecule has 0 amide bonds. The van der Waals surface area contributed by atoms with Crippen LogP contribution in [0.2, 0.25) is 0 Å². The SMILES string of the molecule is OC1(c2ccc(-c3ncc(C(F)(F)F)cn3)cn2)CCC2(CC1)OCCO2. The summed E-state index contributed by atoms with van der Waals surface area (Å²) in [7, 11) is 0. The molecule has 0 atom stereocenters. The second kappa shape index (κ2) is 6.50. The van der Waals surface area contributed by atoms with E-state index in [4.69, 9.17) is 9.47 Å². The summed E-state index contributed by atoms with van der Waals surface area (Å²) in [5, 5.41) is 10.9. The van der Waals surface area contributed by atoms with Crippen molar-refractivity contribution in [3.63, 3.8) is 0 Å². The predicted molar refractivity (Wildman–Crippen MR) is 87.3 cm³/mol. The number of hydrogen-bond acceptors (Lipinski definition) is 6. The first-order valence-corrected chi connectivity index (χ1v) is 8.66. The van der Waals surface area contributed by atoms with E-state index in [9.17, 15) is 18.3 Å². The highest BCUT2D eigenvalue weighted by Crippen LogP contribution is 2.44. The van der Waals surface area contributed by atoms with Crippen molar-refractivity contribution >= 4 is 0 Å². The van der Waals surface area contributed by atoms with Gasteiger partial charge in [-0.3, -0.25) is 4.98 Å². The lowest BCUT2D eigenvalue weighted by Crippen LogP contribution is -2.42. The topological polar surface area (TPSA) is 77.4 Å². The Bertz CT molecular complexity index is 793. The summed E-state index contributed by atoms with van der Waals surface area (Å²) in [4.78, 5) is 11.8. The van der Waals surface area contributed by atoms with Crippen LogP contribution in [0.1, 0.15) is 36.9 Å². The van der Waals surface area contributed by atoms with E-state index < -0.39 is 23.1 Å². The molecule has 1 aliphatic carbocycles. The van der Waals surface area contributed by atoms with Crippen molar-refractivity contribution in [2.45, 2.75) is 43.2 Å². The van der Waals surface area contributed by atoms with E-state index >= 15 is 0 Å². The highest BCUT2D eigenvalue weighted by Gasteiger charge is 2.46. The number of aliphatic hydroxyl groups is 1. The Morgan fingerprint density at radius 3 is 2.04 bits per heavy atom. The number of hydrogen-bond donors (Lipinski definition) is 1. The van der Waals surface area contributed by atoms with E-state index in [1.807, 2.05) is 0 Å². The molecule has 9 heteroatoms. The molecular formula is C18H18F3N3O3. The fourth-order valence-electron chi connectivity index (χ4n) is 3.51. The Labute approximate surface area is 153 Å². The van der Waals surface area contributed by atoms with Crippen LogP contribution in [0.15, 0.2) is 30.7 Å². The van der Waals surface area contributed by atoms with Crippen LogP contribution in [-0.2, 0) is 21.3 Å². The molecular weight excluding hydrogens is 363 g/mol. The van der Waals surface area contributed by atoms with Crippen LogP contribution in [0.25, 0.3) is 11.4 Å². The average Bonchev–Trinajstić information content (AvgIpc) is 3.13. The van der Waals surface area contributed by atoms with Crippen LogP contribution < -0.4 is 0 Å². The van der Waals surface area contributed by atoms with Gasteiger partial charge in [0.25, 0.3) is 0 Å². The first-order valence-electron chi connectivity index (χ1n) is 8.66. The van der Waals surface area contributed by atoms with E-state index in [-0.39, 0.29) is 5.82 Å². The maximum Gasteiger partial charge on any atom is 0.419 e. The van der Waals surface area contributed by atoms with Gasteiger partial charge in [-0.1, -0.05) is 0 Å². The average molecular weight is 381 g/mol. The molecule has 1 saturated heterocycles. The van der Waals surface area contributed by atoms with Crippen molar-refractivity contribution in [3.05, 3.63) is 42.0 Å². The summed E-state index contributed by atoms with van der Waals surface area (Å²) in [5.41, 5.74) is -1.01. The molecule has 2 aliphatic rings. The second-order valence-corrected chi connectivity index (χ2v) is 6.86. The van der Waals surface area contributed by atoms with Crippen molar-refractivity contribution in [2.75, 3.05) is 13.2 Å². The van der Waals surface area contributed by atoms with E-state index in [2.05, 4.69) is 15.0 Å². The lowest BCUT2D eigenvalue weighted by atomic mass is 9.79. The third-order valence-electron chi connectivity index (χ3n) is 5.13. The van der Waals surface area contributed by atoms with Crippen LogP contribution in [0.4, 0.5) is 13.2 Å². The van der Waals surface area contributed by atoms with E-state index in [1.165, 1.54) is 6.20 Å². The van der Waals surface area contributed by atoms with Gasteiger partial charge in [-0.2, -0.15) is 13.2 Å². The number of alkyl halides is 3. The van der Waals surface area contributed by atoms with Gasteiger partial charge in [0.15, 0.2) is 11.6 Å². The zero-order valence-electron chi connectivity index (χ0n) is 14.4. The molecule has 1 aliphatic heterocycles. The normalized spacial score (nSPS) is 21.5. The molecule has 1 saturated carbocycles. The van der Waals surface area contributed by atoms with E-state index in [1.54, 1.807) is 12.1 Å². The molecule has 1 spiro atoms. The van der Waals surface area contributed by atoms with Gasteiger partial charge >= 0.3 is 6.18 Å². The van der Waals surface area contributed by atoms with Gasteiger partial charge in [0.2, 0.25) is 0 Å². The smallest absolute Gasteiger partial charge is 0.384 e. The summed E-state index contributed by atoms with van der Waals surface area (Å²) in [6.07, 6.45) is 0.534. The third-order valence-corrected chi connectivity index (χ3v) is 5.13. The monoisotopic (exact) mass is 381 g/mol. The quantitative estimate of drug-likeness (QED) is 0.862. The third kappa shape index (κ3) is 3.54. The molecule has 0 radical (unpaired) electrons. The van der Waals surface area contributed by atoms with Gasteiger partial charge < -0.3 is 14.6 Å². The van der Waals surface area contributed by atoms with E-state index in [0.29, 0.717) is 50.2 Å². The van der Waals surface area contributed by atoms with Crippen molar-refractivity contribution in [3.8, 4) is 11.4 Å². The Morgan fingerprint density at radius 1 is 0.889 bits per heavy atom. The number of ether oxygens (including phenoxy) is 2. The molecule has 2 aromatic heterocycles. The minimum absolute atomic E-state index is 0.143. The molecule has 2 aromatic rings. The van der Waals surface area contributed by atoms with Gasteiger partial charge in [0.05, 0.1) is 24.5 Å². The predicted octanol–water partition coefficient (Wildman–Crippen LogP) is 3.06. The standard InChI is InChI=1S/C18H18F3N3O3/c19-18(20,21)13-10-23-15(24-11-13)12-1-2-14(22-9-12)16(25)3-5-17(6-4-16)26-7-8-27-17/h1-2,9-11,25H,3-8H2. The Balaban J connectivity index is 1.49. The Morgan fingerprint density at radius 2 is 1.52 bits per heavy atom. The molecule has 0 bridgehead atoms. The molecule has 1 N–H and O–H groups in total. The summed E-state index contributed by atoms with van der Waals surface area (Å²) < 4.78 is 49.1. The first-order chi connectivity index (χ1) is 12.8. The fraction of sp³-hybridized carbons (Fsp3) is 0.500. The molecule has 3 heterocycles. The highest BCUT2D eigenvalue weighted by atomic mass is 19.4. The molecule has 4 rings (SSSR count). The fourth-order valence-corrected chi connectivity index (χ4v) is 3.51. The number of halogens is 3. The minimum atomic E-state index is -4.48. The summed E-state index contributed by atoms with van der Waals surface area (Å²) in [5.74, 6) is -0.440. The van der Waals surface area contributed by atoms with Crippen LogP contribution >= 0.6 is 0 Å². The van der Waals surface area contributed by atoms with E-state index in [0.717, 1.165) is 12.4 Å². The van der Waals surface area contributed by atoms with Crippen LogP contribution in [0, 0.1) is 0 Å². The lowest BCUT2D eigenvalue weighted by molar-refractivity contribution is -0.204. The largest absolute Gasteiger partial charge is 0.419 e. The van der Waals surface area contributed by atoms with Gasteiger partial charge in [0.1, 0.15) is 5.60 Å².